The van der Waals surface area contributed by atoms with E-state index in [1.165, 1.54) is 6.07 Å². The molecule has 0 radical (unpaired) electrons. The van der Waals surface area contributed by atoms with Gasteiger partial charge in [-0.3, -0.25) is 10.1 Å². The van der Waals surface area contributed by atoms with E-state index in [2.05, 4.69) is 26.2 Å². The van der Waals surface area contributed by atoms with Gasteiger partial charge in [0.2, 0.25) is 5.82 Å². The lowest BCUT2D eigenvalue weighted by molar-refractivity contribution is -0.384. The molecule has 1 aliphatic rings. The molecule has 1 saturated heterocycles. The van der Waals surface area contributed by atoms with Crippen LogP contribution in [0.15, 0.2) is 10.5 Å². The van der Waals surface area contributed by atoms with Gasteiger partial charge in [0.1, 0.15) is 10.8 Å². The van der Waals surface area contributed by atoms with E-state index in [4.69, 9.17) is 16.3 Å². The summed E-state index contributed by atoms with van der Waals surface area (Å²) in [5.41, 5.74) is -0.684. The van der Waals surface area contributed by atoms with E-state index in [9.17, 15) is 14.9 Å². The zero-order valence-corrected chi connectivity index (χ0v) is 16.6. The van der Waals surface area contributed by atoms with Crippen LogP contribution in [-0.4, -0.2) is 45.6 Å². The van der Waals surface area contributed by atoms with Crippen molar-refractivity contribution in [2.75, 3.05) is 18.4 Å². The first-order valence-corrected chi connectivity index (χ1v) is 8.99. The van der Waals surface area contributed by atoms with Crippen LogP contribution in [0.5, 0.6) is 0 Å². The summed E-state index contributed by atoms with van der Waals surface area (Å²) >= 11 is 9.08. The van der Waals surface area contributed by atoms with Crippen LogP contribution in [0.1, 0.15) is 33.6 Å². The van der Waals surface area contributed by atoms with Gasteiger partial charge in [0.25, 0.3) is 0 Å². The van der Waals surface area contributed by atoms with Crippen LogP contribution in [0.25, 0.3) is 0 Å². The second kappa shape index (κ2) is 7.74. The van der Waals surface area contributed by atoms with Gasteiger partial charge in [-0.2, -0.15) is 0 Å². The Hall–Kier alpha value is -1.61. The molecule has 1 amide bonds. The van der Waals surface area contributed by atoms with Gasteiger partial charge in [-0.05, 0) is 49.5 Å². The highest BCUT2D eigenvalue weighted by molar-refractivity contribution is 9.10. The summed E-state index contributed by atoms with van der Waals surface area (Å²) < 4.78 is 5.72. The van der Waals surface area contributed by atoms with E-state index in [1.807, 2.05) is 20.8 Å². The maximum Gasteiger partial charge on any atom is 0.410 e. The van der Waals surface area contributed by atoms with E-state index in [0.29, 0.717) is 30.4 Å². The number of likely N-dealkylation sites (tertiary alicyclic amines) is 1. The molecule has 1 N–H and O–H groups in total. The molecule has 1 aromatic rings. The maximum atomic E-state index is 12.1. The largest absolute Gasteiger partial charge is 0.444 e. The Kier molecular flexibility index (Phi) is 6.10. The first kappa shape index (κ1) is 19.7. The predicted molar refractivity (Wildman–Crippen MR) is 98.1 cm³/mol. The van der Waals surface area contributed by atoms with Crippen molar-refractivity contribution in [3.05, 3.63) is 25.8 Å². The van der Waals surface area contributed by atoms with Crippen molar-refractivity contribution in [2.24, 2.45) is 0 Å². The van der Waals surface area contributed by atoms with Gasteiger partial charge in [-0.15, -0.1) is 0 Å². The molecule has 2 rings (SSSR count). The Balaban J connectivity index is 2.00. The van der Waals surface area contributed by atoms with Gasteiger partial charge >= 0.3 is 11.8 Å². The van der Waals surface area contributed by atoms with Gasteiger partial charge in [0, 0.05) is 25.2 Å². The number of ether oxygens (including phenoxy) is 1. The molecule has 0 unspecified atom stereocenters. The molecular weight excluding hydrogens is 416 g/mol. The number of carbonyl (C=O) groups is 1. The number of rotatable bonds is 3. The minimum Gasteiger partial charge on any atom is -0.444 e. The van der Waals surface area contributed by atoms with Crippen LogP contribution in [0.4, 0.5) is 16.3 Å². The number of nitrogens with zero attached hydrogens (tertiary/aromatic N) is 3. The quantitative estimate of drug-likeness (QED) is 0.434. The third-order valence-corrected chi connectivity index (χ3v) is 4.72. The number of hydrogen-bond acceptors (Lipinski definition) is 6. The summed E-state index contributed by atoms with van der Waals surface area (Å²) in [7, 11) is 0. The zero-order chi connectivity index (χ0) is 18.8. The van der Waals surface area contributed by atoms with Crippen LogP contribution in [0.3, 0.4) is 0 Å². The fraction of sp³-hybridized carbons (Fsp3) is 0.600. The molecule has 1 aromatic heterocycles. The fourth-order valence-electron chi connectivity index (χ4n) is 2.43. The molecule has 0 aromatic carbocycles. The second-order valence-corrected chi connectivity index (χ2v) is 7.98. The molecule has 2 heterocycles. The number of aromatic nitrogens is 1. The van der Waals surface area contributed by atoms with E-state index >= 15 is 0 Å². The van der Waals surface area contributed by atoms with Crippen molar-refractivity contribution < 1.29 is 14.5 Å². The number of anilines is 1. The van der Waals surface area contributed by atoms with Crippen LogP contribution in [-0.2, 0) is 4.74 Å². The molecule has 1 fully saturated rings. The fourth-order valence-corrected chi connectivity index (χ4v) is 2.87. The third-order valence-electron chi connectivity index (χ3n) is 3.60. The molecule has 0 saturated carbocycles. The van der Waals surface area contributed by atoms with Crippen molar-refractivity contribution in [3.8, 4) is 0 Å². The van der Waals surface area contributed by atoms with E-state index in [1.54, 1.807) is 4.90 Å². The molecule has 1 aliphatic heterocycles. The average molecular weight is 436 g/mol. The average Bonchev–Trinajstić information content (AvgIpc) is 2.49. The molecule has 0 bridgehead atoms. The van der Waals surface area contributed by atoms with Gasteiger partial charge in [0.05, 0.1) is 9.40 Å². The number of carbonyl (C=O) groups excluding carboxylic acids is 1. The Morgan fingerprint density at radius 1 is 1.48 bits per heavy atom. The third kappa shape index (κ3) is 5.43. The van der Waals surface area contributed by atoms with Crippen molar-refractivity contribution >= 4 is 45.1 Å². The van der Waals surface area contributed by atoms with Crippen LogP contribution in [0, 0.1) is 10.1 Å². The highest BCUT2D eigenvalue weighted by Gasteiger charge is 2.28. The lowest BCUT2D eigenvalue weighted by atomic mass is 10.1. The Morgan fingerprint density at radius 2 is 2.08 bits per heavy atom. The summed E-state index contributed by atoms with van der Waals surface area (Å²) in [6.45, 7) is 6.47. The van der Waals surface area contributed by atoms with Crippen LogP contribution >= 0.6 is 27.5 Å². The molecule has 138 valence electrons. The first-order chi connectivity index (χ1) is 11.6. The van der Waals surface area contributed by atoms with Crippen molar-refractivity contribution in [1.82, 2.24) is 9.88 Å². The topological polar surface area (TPSA) is 97.6 Å². The van der Waals surface area contributed by atoms with Gasteiger partial charge in [-0.25, -0.2) is 9.78 Å². The van der Waals surface area contributed by atoms with Crippen LogP contribution in [0.2, 0.25) is 5.15 Å². The summed E-state index contributed by atoms with van der Waals surface area (Å²) in [6.07, 6.45) is 0.916. The standard InChI is InChI=1S/C15H20BrClN4O4/c1-15(2,3)25-14(22)20-6-4-9(5-7-20)18-13-11(21(23)24)8-10(16)12(17)19-13/h8-9H,4-7H2,1-3H3,(H,18,19). The zero-order valence-electron chi connectivity index (χ0n) is 14.2. The maximum absolute atomic E-state index is 12.1. The van der Waals surface area contributed by atoms with Crippen molar-refractivity contribution in [2.45, 2.75) is 45.3 Å². The lowest BCUT2D eigenvalue weighted by Gasteiger charge is -2.33. The molecule has 10 heteroatoms. The summed E-state index contributed by atoms with van der Waals surface area (Å²) in [6, 6.07) is 1.29. The molecule has 0 aliphatic carbocycles. The van der Waals surface area contributed by atoms with E-state index in [-0.39, 0.29) is 28.8 Å². The summed E-state index contributed by atoms with van der Waals surface area (Å²) in [4.78, 5) is 28.4. The number of piperidine rings is 1. The predicted octanol–water partition coefficient (Wildman–Crippen LogP) is 4.22. The Bertz CT molecular complexity index is 672. The Morgan fingerprint density at radius 3 is 2.60 bits per heavy atom. The second-order valence-electron chi connectivity index (χ2n) is 6.77. The van der Waals surface area contributed by atoms with Crippen molar-refractivity contribution in [1.29, 1.82) is 0 Å². The molecular formula is C15H20BrClN4O4. The molecule has 8 nitrogen and oxygen atoms in total. The minimum absolute atomic E-state index is 0.0397. The lowest BCUT2D eigenvalue weighted by Crippen LogP contribution is -2.44. The van der Waals surface area contributed by atoms with E-state index < -0.39 is 10.5 Å². The number of hydrogen-bond donors (Lipinski definition) is 1. The van der Waals surface area contributed by atoms with Crippen LogP contribution < -0.4 is 5.32 Å². The number of halogens is 2. The number of nitro groups is 1. The minimum atomic E-state index is -0.537. The molecule has 0 atom stereocenters. The van der Waals surface area contributed by atoms with E-state index in [0.717, 1.165) is 0 Å². The normalized spacial score (nSPS) is 15.8. The number of nitrogens with one attached hydrogen (secondary N) is 1. The SMILES string of the molecule is CC(C)(C)OC(=O)N1CCC(Nc2nc(Cl)c(Br)cc2[N+](=O)[O-])CC1. The molecule has 0 spiro atoms. The highest BCUT2D eigenvalue weighted by atomic mass is 79.9. The number of amides is 1. The van der Waals surface area contributed by atoms with Gasteiger partial charge in [-0.1, -0.05) is 11.6 Å². The summed E-state index contributed by atoms with van der Waals surface area (Å²) in [5.74, 6) is 0.133. The summed E-state index contributed by atoms with van der Waals surface area (Å²) in [5, 5.41) is 14.4. The van der Waals surface area contributed by atoms with Gasteiger partial charge < -0.3 is 15.0 Å². The van der Waals surface area contributed by atoms with Gasteiger partial charge in [0.15, 0.2) is 0 Å². The monoisotopic (exact) mass is 434 g/mol. The van der Waals surface area contributed by atoms with Crippen molar-refractivity contribution in [3.63, 3.8) is 0 Å². The number of pyridine rings is 1. The molecule has 25 heavy (non-hydrogen) atoms. The first-order valence-electron chi connectivity index (χ1n) is 7.81. The highest BCUT2D eigenvalue weighted by Crippen LogP contribution is 2.32. The smallest absolute Gasteiger partial charge is 0.410 e. The Labute approximate surface area is 159 Å².